The Morgan fingerprint density at radius 3 is 2.53 bits per heavy atom. The molecule has 1 aliphatic rings. The van der Waals surface area contributed by atoms with Crippen LogP contribution < -0.4 is 13.8 Å². The van der Waals surface area contributed by atoms with Crippen molar-refractivity contribution in [2.24, 2.45) is 0 Å². The van der Waals surface area contributed by atoms with E-state index in [-0.39, 0.29) is 28.7 Å². The van der Waals surface area contributed by atoms with Gasteiger partial charge in [-0.1, -0.05) is 36.4 Å². The minimum absolute atomic E-state index is 0.00314. The van der Waals surface area contributed by atoms with E-state index in [4.69, 9.17) is 4.74 Å². The fraction of sp³-hybridized carbons (Fsp3) is 0.100. The lowest BCUT2D eigenvalue weighted by molar-refractivity contribution is -0.117. The standard InChI is InChI=1S/C20H15FN2O6S/c21-18-15-7-6-13(20(25)26)8-14(15)9-16(29-11-12-4-2-1-3-5-12)19(18)23-10-17(24)22-30(23,27)28/h1-9H,10-11H2,(H,22,24)(H,25,26). The molecule has 1 amide bonds. The Hall–Kier alpha value is -3.66. The van der Waals surface area contributed by atoms with Gasteiger partial charge in [-0.3, -0.25) is 4.79 Å². The maximum Gasteiger partial charge on any atom is 0.335 e. The predicted molar refractivity (Wildman–Crippen MR) is 106 cm³/mol. The molecule has 10 heteroatoms. The molecule has 1 saturated heterocycles. The zero-order chi connectivity index (χ0) is 21.5. The highest BCUT2D eigenvalue weighted by atomic mass is 32.2. The molecule has 154 valence electrons. The molecule has 2 N–H and O–H groups in total. The Balaban J connectivity index is 1.88. The molecule has 30 heavy (non-hydrogen) atoms. The number of rotatable bonds is 5. The van der Waals surface area contributed by atoms with Gasteiger partial charge >= 0.3 is 16.2 Å². The summed E-state index contributed by atoms with van der Waals surface area (Å²) < 4.78 is 48.2. The van der Waals surface area contributed by atoms with Gasteiger partial charge < -0.3 is 9.84 Å². The van der Waals surface area contributed by atoms with Gasteiger partial charge in [0.15, 0.2) is 5.82 Å². The van der Waals surface area contributed by atoms with Gasteiger partial charge in [0, 0.05) is 5.39 Å². The van der Waals surface area contributed by atoms with E-state index >= 15 is 4.39 Å². The third-order valence-electron chi connectivity index (χ3n) is 4.57. The zero-order valence-corrected chi connectivity index (χ0v) is 16.1. The van der Waals surface area contributed by atoms with Gasteiger partial charge in [-0.25, -0.2) is 18.2 Å². The van der Waals surface area contributed by atoms with E-state index in [0.29, 0.717) is 4.31 Å². The number of hydrogen-bond donors (Lipinski definition) is 2. The quantitative estimate of drug-likeness (QED) is 0.643. The second-order valence-electron chi connectivity index (χ2n) is 6.59. The Morgan fingerprint density at radius 2 is 1.90 bits per heavy atom. The van der Waals surface area contributed by atoms with Crippen molar-refractivity contribution in [1.29, 1.82) is 0 Å². The molecule has 1 aliphatic heterocycles. The molecular weight excluding hydrogens is 415 g/mol. The first kappa shape index (κ1) is 19.6. The number of aromatic carboxylic acids is 1. The number of carboxylic acid groups (broad SMARTS) is 1. The number of halogens is 1. The first-order valence-corrected chi connectivity index (χ1v) is 10.2. The molecular formula is C20H15FN2O6S. The number of carbonyl (C=O) groups is 2. The Labute approximate surface area is 170 Å². The number of hydrogen-bond acceptors (Lipinski definition) is 5. The van der Waals surface area contributed by atoms with Gasteiger partial charge in [-0.05, 0) is 29.1 Å². The van der Waals surface area contributed by atoms with Crippen molar-refractivity contribution >= 4 is 38.5 Å². The molecule has 3 aromatic rings. The molecule has 3 aromatic carbocycles. The van der Waals surface area contributed by atoms with E-state index in [0.717, 1.165) is 5.56 Å². The van der Waals surface area contributed by atoms with E-state index in [1.165, 1.54) is 24.3 Å². The SMILES string of the molecule is O=C1CN(c2c(OCc3ccccc3)cc3cc(C(=O)O)ccc3c2F)S(=O)(=O)N1. The Kier molecular flexibility index (Phi) is 4.78. The largest absolute Gasteiger partial charge is 0.487 e. The van der Waals surface area contributed by atoms with Gasteiger partial charge in [-0.2, -0.15) is 8.42 Å². The van der Waals surface area contributed by atoms with Gasteiger partial charge in [0.25, 0.3) is 5.91 Å². The van der Waals surface area contributed by atoms with Crippen molar-refractivity contribution in [3.05, 3.63) is 71.5 Å². The highest BCUT2D eigenvalue weighted by Gasteiger charge is 2.38. The summed E-state index contributed by atoms with van der Waals surface area (Å²) in [5.41, 5.74) is 0.274. The van der Waals surface area contributed by atoms with E-state index in [1.54, 1.807) is 29.0 Å². The van der Waals surface area contributed by atoms with Crippen LogP contribution in [0.5, 0.6) is 5.75 Å². The maximum absolute atomic E-state index is 15.4. The number of carboxylic acids is 1. The Bertz CT molecular complexity index is 1280. The lowest BCUT2D eigenvalue weighted by Crippen LogP contribution is -2.30. The number of fused-ring (bicyclic) bond motifs is 1. The molecule has 0 bridgehead atoms. The van der Waals surface area contributed by atoms with E-state index in [9.17, 15) is 23.1 Å². The van der Waals surface area contributed by atoms with Crippen molar-refractivity contribution in [3.63, 3.8) is 0 Å². The predicted octanol–water partition coefficient (Wildman–Crippen LogP) is 2.44. The fourth-order valence-corrected chi connectivity index (χ4v) is 4.34. The number of nitrogens with zero attached hydrogens (tertiary/aromatic N) is 1. The first-order valence-electron chi connectivity index (χ1n) is 8.76. The summed E-state index contributed by atoms with van der Waals surface area (Å²) >= 11 is 0. The molecule has 0 atom stereocenters. The van der Waals surface area contributed by atoms with Crippen molar-refractivity contribution in [3.8, 4) is 5.75 Å². The molecule has 1 heterocycles. The van der Waals surface area contributed by atoms with Gasteiger partial charge in [0.2, 0.25) is 0 Å². The second-order valence-corrected chi connectivity index (χ2v) is 8.18. The number of amides is 1. The van der Waals surface area contributed by atoms with Gasteiger partial charge in [-0.15, -0.1) is 0 Å². The highest BCUT2D eigenvalue weighted by molar-refractivity contribution is 7.92. The molecule has 0 aromatic heterocycles. The third-order valence-corrected chi connectivity index (χ3v) is 5.95. The number of nitrogens with one attached hydrogen (secondary N) is 1. The molecule has 8 nitrogen and oxygen atoms in total. The summed E-state index contributed by atoms with van der Waals surface area (Å²) in [6, 6.07) is 14.0. The van der Waals surface area contributed by atoms with E-state index < -0.39 is 40.1 Å². The van der Waals surface area contributed by atoms with Crippen LogP contribution in [0.25, 0.3) is 10.8 Å². The average Bonchev–Trinajstić information content (AvgIpc) is 2.98. The summed E-state index contributed by atoms with van der Waals surface area (Å²) in [4.78, 5) is 22.9. The highest BCUT2D eigenvalue weighted by Crippen LogP contribution is 2.39. The van der Waals surface area contributed by atoms with Crippen molar-refractivity contribution in [1.82, 2.24) is 4.72 Å². The van der Waals surface area contributed by atoms with Gasteiger partial charge in [0.05, 0.1) is 5.56 Å². The smallest absolute Gasteiger partial charge is 0.335 e. The molecule has 0 saturated carbocycles. The molecule has 1 fully saturated rings. The topological polar surface area (TPSA) is 113 Å². The van der Waals surface area contributed by atoms with Crippen LogP contribution in [0.1, 0.15) is 15.9 Å². The zero-order valence-electron chi connectivity index (χ0n) is 15.3. The van der Waals surface area contributed by atoms with E-state index in [1.807, 2.05) is 6.07 Å². The summed E-state index contributed by atoms with van der Waals surface area (Å²) in [5, 5.41) is 9.42. The lowest BCUT2D eigenvalue weighted by atomic mass is 10.0. The molecule has 4 rings (SSSR count). The Morgan fingerprint density at radius 1 is 1.17 bits per heavy atom. The number of benzene rings is 3. The summed E-state index contributed by atoms with van der Waals surface area (Å²) in [7, 11) is -4.29. The molecule has 0 aliphatic carbocycles. The monoisotopic (exact) mass is 430 g/mol. The summed E-state index contributed by atoms with van der Waals surface area (Å²) in [6.07, 6.45) is 0. The van der Waals surface area contributed by atoms with Gasteiger partial charge in [0.1, 0.15) is 24.6 Å². The molecule has 0 unspecified atom stereocenters. The fourth-order valence-electron chi connectivity index (χ4n) is 3.18. The number of anilines is 1. The van der Waals surface area contributed by atoms with Crippen molar-refractivity contribution < 1.29 is 32.2 Å². The van der Waals surface area contributed by atoms with E-state index in [2.05, 4.69) is 0 Å². The average molecular weight is 430 g/mol. The summed E-state index contributed by atoms with van der Waals surface area (Å²) in [6.45, 7) is -0.591. The van der Waals surface area contributed by atoms with Crippen LogP contribution in [-0.4, -0.2) is 31.9 Å². The normalized spacial score (nSPS) is 15.2. The van der Waals surface area contributed by atoms with Crippen molar-refractivity contribution in [2.45, 2.75) is 6.61 Å². The van der Waals surface area contributed by atoms with Crippen LogP contribution in [-0.2, 0) is 21.6 Å². The first-order chi connectivity index (χ1) is 14.3. The minimum atomic E-state index is -4.29. The minimum Gasteiger partial charge on any atom is -0.487 e. The molecule has 0 radical (unpaired) electrons. The van der Waals surface area contributed by atoms with Crippen LogP contribution in [0, 0.1) is 5.82 Å². The lowest BCUT2D eigenvalue weighted by Gasteiger charge is -2.21. The maximum atomic E-state index is 15.4. The number of carbonyl (C=O) groups excluding carboxylic acids is 1. The van der Waals surface area contributed by atoms with Crippen molar-refractivity contribution in [2.75, 3.05) is 10.8 Å². The second kappa shape index (κ2) is 7.30. The van der Waals surface area contributed by atoms with Crippen LogP contribution >= 0.6 is 0 Å². The summed E-state index contributed by atoms with van der Waals surface area (Å²) in [5.74, 6) is -3.06. The molecule has 0 spiro atoms. The van der Waals surface area contributed by atoms with Crippen LogP contribution in [0.4, 0.5) is 10.1 Å². The van der Waals surface area contributed by atoms with Crippen LogP contribution in [0.15, 0.2) is 54.6 Å². The third kappa shape index (κ3) is 3.52. The van der Waals surface area contributed by atoms with Crippen LogP contribution in [0.2, 0.25) is 0 Å². The van der Waals surface area contributed by atoms with Crippen LogP contribution in [0.3, 0.4) is 0 Å². The number of ether oxygens (including phenoxy) is 1.